The number of rotatable bonds is 3. The first-order chi connectivity index (χ1) is 11.8. The maximum Gasteiger partial charge on any atom is 0.227 e. The van der Waals surface area contributed by atoms with Crippen molar-refractivity contribution >= 4 is 22.6 Å². The molecule has 1 amide bonds. The summed E-state index contributed by atoms with van der Waals surface area (Å²) >= 11 is 0. The summed E-state index contributed by atoms with van der Waals surface area (Å²) in [6.07, 6.45) is 12.2. The summed E-state index contributed by atoms with van der Waals surface area (Å²) in [5.74, 6) is 2.07. The van der Waals surface area contributed by atoms with Gasteiger partial charge in [-0.15, -0.1) is 0 Å². The summed E-state index contributed by atoms with van der Waals surface area (Å²) in [6.45, 7) is 0. The van der Waals surface area contributed by atoms with Crippen LogP contribution in [-0.4, -0.2) is 15.9 Å². The normalized spacial score (nSPS) is 20.3. The molecule has 2 aliphatic carbocycles. The molecule has 0 unspecified atom stereocenters. The summed E-state index contributed by atoms with van der Waals surface area (Å²) in [6, 6.07) is 6.04. The summed E-state index contributed by atoms with van der Waals surface area (Å²) in [5, 5.41) is 3.11. The fraction of sp³-hybridized carbons (Fsp3) is 0.600. The van der Waals surface area contributed by atoms with E-state index >= 15 is 0 Å². The van der Waals surface area contributed by atoms with E-state index in [1.807, 2.05) is 18.2 Å². The van der Waals surface area contributed by atoms with E-state index < -0.39 is 0 Å². The number of H-pyrrole nitrogens is 1. The lowest BCUT2D eigenvalue weighted by atomic mass is 9.88. The minimum absolute atomic E-state index is 0.182. The average molecular weight is 325 g/mol. The number of nitrogens with zero attached hydrogens (tertiary/aromatic N) is 1. The predicted molar refractivity (Wildman–Crippen MR) is 97.1 cm³/mol. The highest BCUT2D eigenvalue weighted by Crippen LogP contribution is 2.32. The first-order valence-electron chi connectivity index (χ1n) is 9.60. The van der Waals surface area contributed by atoms with Crippen molar-refractivity contribution in [3.8, 4) is 0 Å². The number of amides is 1. The molecule has 1 aromatic carbocycles. The average Bonchev–Trinajstić information content (AvgIpc) is 3.06. The van der Waals surface area contributed by atoms with Gasteiger partial charge in [-0.1, -0.05) is 38.5 Å². The monoisotopic (exact) mass is 325 g/mol. The van der Waals surface area contributed by atoms with E-state index in [1.165, 1.54) is 51.4 Å². The number of aromatic nitrogens is 2. The fourth-order valence-corrected chi connectivity index (χ4v) is 4.29. The molecule has 4 heteroatoms. The van der Waals surface area contributed by atoms with Gasteiger partial charge in [0, 0.05) is 17.5 Å². The molecule has 2 fully saturated rings. The highest BCUT2D eigenvalue weighted by Gasteiger charge is 2.22. The lowest BCUT2D eigenvalue weighted by Gasteiger charge is -2.20. The van der Waals surface area contributed by atoms with Gasteiger partial charge in [0.25, 0.3) is 0 Å². The third-order valence-electron chi connectivity index (χ3n) is 5.74. The number of hydrogen-bond donors (Lipinski definition) is 2. The van der Waals surface area contributed by atoms with Gasteiger partial charge >= 0.3 is 0 Å². The van der Waals surface area contributed by atoms with Gasteiger partial charge in [0.15, 0.2) is 0 Å². The number of imidazole rings is 1. The molecule has 2 N–H and O–H groups in total. The van der Waals surface area contributed by atoms with Gasteiger partial charge in [-0.3, -0.25) is 4.79 Å². The number of nitrogens with one attached hydrogen (secondary N) is 2. The van der Waals surface area contributed by atoms with Gasteiger partial charge in [0.1, 0.15) is 5.82 Å². The highest BCUT2D eigenvalue weighted by atomic mass is 16.1. The molecule has 0 spiro atoms. The largest absolute Gasteiger partial charge is 0.342 e. The van der Waals surface area contributed by atoms with Crippen LogP contribution in [0.2, 0.25) is 0 Å². The molecule has 2 aliphatic rings. The van der Waals surface area contributed by atoms with Crippen LogP contribution >= 0.6 is 0 Å². The Labute approximate surface area is 143 Å². The topological polar surface area (TPSA) is 57.8 Å². The second kappa shape index (κ2) is 6.96. The molecule has 4 nitrogen and oxygen atoms in total. The van der Waals surface area contributed by atoms with Crippen LogP contribution in [0, 0.1) is 5.92 Å². The van der Waals surface area contributed by atoms with Crippen molar-refractivity contribution in [3.05, 3.63) is 24.0 Å². The van der Waals surface area contributed by atoms with Crippen LogP contribution in [0.3, 0.4) is 0 Å². The fourth-order valence-electron chi connectivity index (χ4n) is 4.29. The molecular weight excluding hydrogens is 298 g/mol. The highest BCUT2D eigenvalue weighted by molar-refractivity contribution is 5.94. The Morgan fingerprint density at radius 3 is 2.46 bits per heavy atom. The van der Waals surface area contributed by atoms with Gasteiger partial charge < -0.3 is 10.3 Å². The molecule has 0 bridgehead atoms. The lowest BCUT2D eigenvalue weighted by Crippen LogP contribution is -2.24. The van der Waals surface area contributed by atoms with Gasteiger partial charge in [-0.05, 0) is 43.9 Å². The molecule has 0 saturated heterocycles. The number of carbonyl (C=O) groups excluding carboxylic acids is 1. The zero-order valence-corrected chi connectivity index (χ0v) is 14.3. The van der Waals surface area contributed by atoms with Gasteiger partial charge in [0.05, 0.1) is 11.0 Å². The van der Waals surface area contributed by atoms with E-state index in [0.717, 1.165) is 35.4 Å². The van der Waals surface area contributed by atoms with Crippen molar-refractivity contribution in [1.82, 2.24) is 9.97 Å². The van der Waals surface area contributed by atoms with E-state index in [2.05, 4.69) is 10.3 Å². The van der Waals surface area contributed by atoms with Crippen molar-refractivity contribution in [2.24, 2.45) is 5.92 Å². The molecule has 24 heavy (non-hydrogen) atoms. The van der Waals surface area contributed by atoms with Crippen molar-refractivity contribution in [3.63, 3.8) is 0 Å². The van der Waals surface area contributed by atoms with E-state index in [1.54, 1.807) is 0 Å². The molecule has 0 aliphatic heterocycles. The minimum atomic E-state index is 0.182. The lowest BCUT2D eigenvalue weighted by molar-refractivity contribution is -0.120. The minimum Gasteiger partial charge on any atom is -0.342 e. The Morgan fingerprint density at radius 1 is 1.00 bits per heavy atom. The number of hydrogen-bond acceptors (Lipinski definition) is 2. The first-order valence-corrected chi connectivity index (χ1v) is 9.60. The zero-order valence-electron chi connectivity index (χ0n) is 14.3. The summed E-state index contributed by atoms with van der Waals surface area (Å²) < 4.78 is 0. The van der Waals surface area contributed by atoms with E-state index in [4.69, 9.17) is 4.98 Å². The van der Waals surface area contributed by atoms with Gasteiger partial charge in [-0.2, -0.15) is 0 Å². The van der Waals surface area contributed by atoms with Crippen LogP contribution < -0.4 is 5.32 Å². The summed E-state index contributed by atoms with van der Waals surface area (Å²) in [7, 11) is 0. The molecule has 2 saturated carbocycles. The van der Waals surface area contributed by atoms with Crippen molar-refractivity contribution in [2.75, 3.05) is 5.32 Å². The molecular formula is C20H27N3O. The van der Waals surface area contributed by atoms with Crippen molar-refractivity contribution < 1.29 is 4.79 Å². The number of fused-ring (bicyclic) bond motifs is 1. The van der Waals surface area contributed by atoms with Crippen LogP contribution in [0.15, 0.2) is 18.2 Å². The standard InChI is InChI=1S/C20H27N3O/c24-20(15-9-5-2-6-10-15)21-16-11-12-17-18(13-16)23-19(22-17)14-7-3-1-4-8-14/h11-15H,1-10H2,(H,21,24)(H,22,23). The maximum atomic E-state index is 12.4. The Balaban J connectivity index is 1.49. The van der Waals surface area contributed by atoms with Gasteiger partial charge in [-0.25, -0.2) is 4.98 Å². The number of benzene rings is 1. The van der Waals surface area contributed by atoms with E-state index in [0.29, 0.717) is 5.92 Å². The third kappa shape index (κ3) is 3.33. The second-order valence-corrected chi connectivity index (χ2v) is 7.51. The first kappa shape index (κ1) is 15.7. The molecule has 0 radical (unpaired) electrons. The maximum absolute atomic E-state index is 12.4. The molecule has 1 aromatic heterocycles. The molecule has 4 rings (SSSR count). The summed E-state index contributed by atoms with van der Waals surface area (Å²) in [4.78, 5) is 20.7. The quantitative estimate of drug-likeness (QED) is 0.822. The van der Waals surface area contributed by atoms with Crippen LogP contribution in [0.4, 0.5) is 5.69 Å². The van der Waals surface area contributed by atoms with Crippen LogP contribution in [-0.2, 0) is 4.79 Å². The third-order valence-corrected chi connectivity index (χ3v) is 5.74. The Bertz CT molecular complexity index is 709. The zero-order chi connectivity index (χ0) is 16.4. The Morgan fingerprint density at radius 2 is 1.71 bits per heavy atom. The molecule has 1 heterocycles. The smallest absolute Gasteiger partial charge is 0.227 e. The van der Waals surface area contributed by atoms with Crippen molar-refractivity contribution in [2.45, 2.75) is 70.1 Å². The Hall–Kier alpha value is -1.84. The number of anilines is 1. The Kier molecular flexibility index (Phi) is 4.54. The van der Waals surface area contributed by atoms with Crippen LogP contribution in [0.25, 0.3) is 11.0 Å². The molecule has 0 atom stereocenters. The van der Waals surface area contributed by atoms with E-state index in [9.17, 15) is 4.79 Å². The molecule has 2 aromatic rings. The molecule has 128 valence electrons. The van der Waals surface area contributed by atoms with Crippen molar-refractivity contribution in [1.29, 1.82) is 0 Å². The second-order valence-electron chi connectivity index (χ2n) is 7.51. The SMILES string of the molecule is O=C(Nc1ccc2nc(C3CCCCC3)[nH]c2c1)C1CCCCC1. The van der Waals surface area contributed by atoms with Crippen LogP contribution in [0.5, 0.6) is 0 Å². The number of aromatic amines is 1. The predicted octanol–water partition coefficient (Wildman–Crippen LogP) is 5.13. The number of carbonyl (C=O) groups is 1. The van der Waals surface area contributed by atoms with Gasteiger partial charge in [0.2, 0.25) is 5.91 Å². The van der Waals surface area contributed by atoms with Crippen LogP contribution in [0.1, 0.15) is 76.0 Å². The summed E-state index contributed by atoms with van der Waals surface area (Å²) in [5.41, 5.74) is 2.93. The van der Waals surface area contributed by atoms with E-state index in [-0.39, 0.29) is 11.8 Å².